The van der Waals surface area contributed by atoms with Crippen LogP contribution in [0.25, 0.3) is 11.0 Å². The molecule has 0 unspecified atom stereocenters. The molecule has 0 spiro atoms. The third kappa shape index (κ3) is 4.61. The Labute approximate surface area is 153 Å². The standard InChI is InChI=1S/C19H18BrNO4/c1-21(8-9-24-16-5-2-14(20)3-6-16)12-13-10-19(23)25-18-11-15(22)4-7-17(13)18/h2-7,10-11,22H,8-9,12H2,1H3. The Hall–Kier alpha value is -2.31. The van der Waals surface area contributed by atoms with E-state index in [0.717, 1.165) is 21.2 Å². The van der Waals surface area contributed by atoms with E-state index in [1.807, 2.05) is 31.3 Å². The van der Waals surface area contributed by atoms with Gasteiger partial charge in [-0.3, -0.25) is 4.90 Å². The fraction of sp³-hybridized carbons (Fsp3) is 0.211. The molecule has 1 heterocycles. The van der Waals surface area contributed by atoms with Gasteiger partial charge in [0.15, 0.2) is 0 Å². The number of nitrogens with zero attached hydrogens (tertiary/aromatic N) is 1. The van der Waals surface area contributed by atoms with Gasteiger partial charge >= 0.3 is 5.63 Å². The first-order valence-corrected chi connectivity index (χ1v) is 8.63. The van der Waals surface area contributed by atoms with Gasteiger partial charge in [0.2, 0.25) is 0 Å². The van der Waals surface area contributed by atoms with Crippen LogP contribution in [0.5, 0.6) is 11.5 Å². The molecule has 2 aromatic carbocycles. The van der Waals surface area contributed by atoms with Crippen molar-refractivity contribution >= 4 is 26.9 Å². The number of benzene rings is 2. The molecule has 0 aliphatic heterocycles. The van der Waals surface area contributed by atoms with Crippen molar-refractivity contribution in [1.82, 2.24) is 4.90 Å². The number of hydrogen-bond donors (Lipinski definition) is 1. The topological polar surface area (TPSA) is 62.9 Å². The number of halogens is 1. The molecule has 0 saturated heterocycles. The van der Waals surface area contributed by atoms with E-state index >= 15 is 0 Å². The number of phenols is 1. The van der Waals surface area contributed by atoms with Gasteiger partial charge in [-0.15, -0.1) is 0 Å². The van der Waals surface area contributed by atoms with Crippen LogP contribution in [-0.2, 0) is 6.54 Å². The zero-order valence-corrected chi connectivity index (χ0v) is 15.3. The Morgan fingerprint density at radius 2 is 1.92 bits per heavy atom. The van der Waals surface area contributed by atoms with Crippen molar-refractivity contribution in [1.29, 1.82) is 0 Å². The maximum absolute atomic E-state index is 11.7. The smallest absolute Gasteiger partial charge is 0.336 e. The van der Waals surface area contributed by atoms with Crippen LogP contribution in [0.15, 0.2) is 62.2 Å². The van der Waals surface area contributed by atoms with Gasteiger partial charge in [0.05, 0.1) is 0 Å². The molecule has 0 aliphatic carbocycles. The number of ether oxygens (including phenoxy) is 1. The van der Waals surface area contributed by atoms with Gasteiger partial charge in [-0.25, -0.2) is 4.79 Å². The van der Waals surface area contributed by atoms with E-state index < -0.39 is 5.63 Å². The van der Waals surface area contributed by atoms with Crippen LogP contribution < -0.4 is 10.4 Å². The molecule has 130 valence electrons. The van der Waals surface area contributed by atoms with Gasteiger partial charge in [0.25, 0.3) is 0 Å². The molecule has 0 atom stereocenters. The van der Waals surface area contributed by atoms with Gasteiger partial charge in [0.1, 0.15) is 23.7 Å². The highest BCUT2D eigenvalue weighted by Crippen LogP contribution is 2.22. The average Bonchev–Trinajstić information content (AvgIpc) is 2.56. The van der Waals surface area contributed by atoms with Crippen molar-refractivity contribution in [3.63, 3.8) is 0 Å². The maximum atomic E-state index is 11.7. The number of rotatable bonds is 6. The lowest BCUT2D eigenvalue weighted by atomic mass is 10.1. The second-order valence-corrected chi connectivity index (χ2v) is 6.73. The van der Waals surface area contributed by atoms with E-state index in [-0.39, 0.29) is 5.75 Å². The third-order valence-corrected chi connectivity index (χ3v) is 4.34. The molecule has 3 rings (SSSR count). The van der Waals surface area contributed by atoms with Crippen molar-refractivity contribution < 1.29 is 14.3 Å². The molecule has 1 N–H and O–H groups in total. The number of phenolic OH excluding ortho intramolecular Hbond substituents is 1. The van der Waals surface area contributed by atoms with Crippen molar-refractivity contribution in [3.8, 4) is 11.5 Å². The molecular formula is C19H18BrNO4. The van der Waals surface area contributed by atoms with Crippen LogP contribution in [-0.4, -0.2) is 30.2 Å². The first-order chi connectivity index (χ1) is 12.0. The molecule has 0 radical (unpaired) electrons. The normalized spacial score (nSPS) is 11.2. The first kappa shape index (κ1) is 17.5. The van der Waals surface area contributed by atoms with E-state index in [1.165, 1.54) is 12.1 Å². The molecule has 5 nitrogen and oxygen atoms in total. The summed E-state index contributed by atoms with van der Waals surface area (Å²) in [5.41, 5.74) is 0.826. The van der Waals surface area contributed by atoms with Gasteiger partial charge in [-0.05, 0) is 49.0 Å². The Balaban J connectivity index is 1.64. The van der Waals surface area contributed by atoms with Crippen LogP contribution >= 0.6 is 15.9 Å². The van der Waals surface area contributed by atoms with Crippen molar-refractivity contribution in [2.24, 2.45) is 0 Å². The van der Waals surface area contributed by atoms with E-state index in [2.05, 4.69) is 20.8 Å². The Kier molecular flexibility index (Phi) is 5.40. The summed E-state index contributed by atoms with van der Waals surface area (Å²) in [6.45, 7) is 1.82. The lowest BCUT2D eigenvalue weighted by Gasteiger charge is -2.18. The molecule has 0 saturated carbocycles. The van der Waals surface area contributed by atoms with Gasteiger partial charge < -0.3 is 14.3 Å². The molecule has 25 heavy (non-hydrogen) atoms. The van der Waals surface area contributed by atoms with Crippen LogP contribution in [0.3, 0.4) is 0 Å². The Bertz CT molecular complexity index is 921. The van der Waals surface area contributed by atoms with Gasteiger partial charge in [-0.1, -0.05) is 15.9 Å². The predicted octanol–water partition coefficient (Wildman–Crippen LogP) is 3.77. The van der Waals surface area contributed by atoms with Crippen LogP contribution in [0, 0.1) is 0 Å². The minimum Gasteiger partial charge on any atom is -0.508 e. The molecule has 0 bridgehead atoms. The number of aromatic hydroxyl groups is 1. The average molecular weight is 404 g/mol. The first-order valence-electron chi connectivity index (χ1n) is 7.84. The summed E-state index contributed by atoms with van der Waals surface area (Å²) in [5.74, 6) is 0.891. The predicted molar refractivity (Wildman–Crippen MR) is 100 cm³/mol. The highest BCUT2D eigenvalue weighted by atomic mass is 79.9. The summed E-state index contributed by atoms with van der Waals surface area (Å²) in [6, 6.07) is 14.0. The molecule has 3 aromatic rings. The zero-order chi connectivity index (χ0) is 17.8. The van der Waals surface area contributed by atoms with E-state index in [0.29, 0.717) is 25.3 Å². The molecule has 0 fully saturated rings. The summed E-state index contributed by atoms with van der Waals surface area (Å²) < 4.78 is 11.9. The van der Waals surface area contributed by atoms with E-state index in [9.17, 15) is 9.90 Å². The highest BCUT2D eigenvalue weighted by molar-refractivity contribution is 9.10. The third-order valence-electron chi connectivity index (χ3n) is 3.81. The monoisotopic (exact) mass is 403 g/mol. The summed E-state index contributed by atoms with van der Waals surface area (Å²) in [7, 11) is 1.96. The molecule has 1 aromatic heterocycles. The molecular weight excluding hydrogens is 386 g/mol. The number of likely N-dealkylation sites (N-methyl/N-ethyl adjacent to an activating group) is 1. The van der Waals surface area contributed by atoms with Gasteiger partial charge in [0, 0.05) is 35.1 Å². The summed E-state index contributed by atoms with van der Waals surface area (Å²) in [4.78, 5) is 13.8. The number of hydrogen-bond acceptors (Lipinski definition) is 5. The van der Waals surface area contributed by atoms with Crippen molar-refractivity contribution in [3.05, 3.63) is 69.0 Å². The molecule has 6 heteroatoms. The fourth-order valence-corrected chi connectivity index (χ4v) is 2.83. The van der Waals surface area contributed by atoms with E-state index in [1.54, 1.807) is 12.1 Å². The van der Waals surface area contributed by atoms with Gasteiger partial charge in [-0.2, -0.15) is 0 Å². The lowest BCUT2D eigenvalue weighted by molar-refractivity contribution is 0.233. The largest absolute Gasteiger partial charge is 0.508 e. The quantitative estimate of drug-likeness (QED) is 0.634. The number of fused-ring (bicyclic) bond motifs is 1. The lowest BCUT2D eigenvalue weighted by Crippen LogP contribution is -2.24. The SMILES string of the molecule is CN(CCOc1ccc(Br)cc1)Cc1cc(=O)oc2cc(O)ccc12. The summed E-state index contributed by atoms with van der Waals surface area (Å²) >= 11 is 3.39. The van der Waals surface area contributed by atoms with Crippen molar-refractivity contribution in [2.75, 3.05) is 20.2 Å². The highest BCUT2D eigenvalue weighted by Gasteiger charge is 2.09. The van der Waals surface area contributed by atoms with E-state index in [4.69, 9.17) is 9.15 Å². The molecule has 0 aliphatic rings. The minimum atomic E-state index is -0.424. The Morgan fingerprint density at radius 1 is 1.16 bits per heavy atom. The van der Waals surface area contributed by atoms with Crippen molar-refractivity contribution in [2.45, 2.75) is 6.54 Å². The summed E-state index contributed by atoms with van der Waals surface area (Å²) in [6.07, 6.45) is 0. The van der Waals surface area contributed by atoms with Crippen LogP contribution in [0.4, 0.5) is 0 Å². The van der Waals surface area contributed by atoms with Crippen LogP contribution in [0.2, 0.25) is 0 Å². The molecule has 0 amide bonds. The fourth-order valence-electron chi connectivity index (χ4n) is 2.57. The second kappa shape index (κ2) is 7.72. The second-order valence-electron chi connectivity index (χ2n) is 5.81. The van der Waals surface area contributed by atoms with Crippen LogP contribution in [0.1, 0.15) is 5.56 Å². The Morgan fingerprint density at radius 3 is 2.68 bits per heavy atom. The summed E-state index contributed by atoms with van der Waals surface area (Å²) in [5, 5.41) is 10.4. The minimum absolute atomic E-state index is 0.0732. The zero-order valence-electron chi connectivity index (χ0n) is 13.7. The maximum Gasteiger partial charge on any atom is 0.336 e.